The third-order valence-corrected chi connectivity index (χ3v) is 7.71. The zero-order valence-corrected chi connectivity index (χ0v) is 20.9. The maximum absolute atomic E-state index is 14.1. The fraction of sp³-hybridized carbons (Fsp3) is 0.462. The number of amides is 3. The molecular formula is C26H26F5N5O3. The van der Waals surface area contributed by atoms with Gasteiger partial charge in [-0.1, -0.05) is 6.07 Å². The second-order valence-electron chi connectivity index (χ2n) is 10.5. The molecule has 0 unspecified atom stereocenters. The van der Waals surface area contributed by atoms with Crippen LogP contribution in [0.2, 0.25) is 0 Å². The van der Waals surface area contributed by atoms with Crippen LogP contribution in [0.5, 0.6) is 0 Å². The summed E-state index contributed by atoms with van der Waals surface area (Å²) < 4.78 is 68.9. The Morgan fingerprint density at radius 3 is 2.33 bits per heavy atom. The van der Waals surface area contributed by atoms with Crippen LogP contribution in [-0.4, -0.2) is 57.8 Å². The van der Waals surface area contributed by atoms with Crippen molar-refractivity contribution in [3.63, 3.8) is 0 Å². The van der Waals surface area contributed by atoms with Crippen molar-refractivity contribution in [3.05, 3.63) is 53.2 Å². The van der Waals surface area contributed by atoms with Crippen molar-refractivity contribution in [3.8, 4) is 0 Å². The van der Waals surface area contributed by atoms with Crippen LogP contribution >= 0.6 is 0 Å². The van der Waals surface area contributed by atoms with Crippen LogP contribution < -0.4 is 11.1 Å². The van der Waals surface area contributed by atoms with Crippen LogP contribution in [0, 0.1) is 17.0 Å². The Hall–Kier alpha value is -3.77. The van der Waals surface area contributed by atoms with Gasteiger partial charge < -0.3 is 20.9 Å². The number of nitrogens with one attached hydrogen (secondary N) is 1. The van der Waals surface area contributed by atoms with Gasteiger partial charge in [-0.2, -0.15) is 13.2 Å². The van der Waals surface area contributed by atoms with E-state index in [9.17, 15) is 36.3 Å². The fourth-order valence-electron chi connectivity index (χ4n) is 5.10. The van der Waals surface area contributed by atoms with Gasteiger partial charge in [-0.05, 0) is 67.9 Å². The molecule has 3 amide bonds. The van der Waals surface area contributed by atoms with E-state index < -0.39 is 59.6 Å². The zero-order valence-electron chi connectivity index (χ0n) is 20.9. The lowest BCUT2D eigenvalue weighted by Crippen LogP contribution is -2.60. The van der Waals surface area contributed by atoms with Gasteiger partial charge in [0.05, 0.1) is 17.9 Å². The minimum atomic E-state index is -4.75. The van der Waals surface area contributed by atoms with Gasteiger partial charge in [-0.25, -0.2) is 13.8 Å². The topological polar surface area (TPSA) is 109 Å². The number of benzene rings is 1. The molecule has 1 aromatic heterocycles. The average molecular weight is 552 g/mol. The number of piperazine rings is 1. The van der Waals surface area contributed by atoms with E-state index in [1.807, 2.05) is 0 Å². The van der Waals surface area contributed by atoms with E-state index in [4.69, 9.17) is 5.73 Å². The molecule has 0 bridgehead atoms. The van der Waals surface area contributed by atoms with Crippen molar-refractivity contribution in [2.45, 2.75) is 56.8 Å². The molecule has 2 atom stereocenters. The van der Waals surface area contributed by atoms with Crippen molar-refractivity contribution in [1.29, 1.82) is 0 Å². The van der Waals surface area contributed by atoms with Gasteiger partial charge in [-0.15, -0.1) is 0 Å². The van der Waals surface area contributed by atoms with E-state index in [1.165, 1.54) is 19.2 Å². The van der Waals surface area contributed by atoms with Crippen LogP contribution in [0.1, 0.15) is 55.7 Å². The number of aromatic nitrogens is 1. The first kappa shape index (κ1) is 26.8. The maximum Gasteiger partial charge on any atom is 0.403 e. The molecule has 3 fully saturated rings. The molecular weight excluding hydrogens is 525 g/mol. The average Bonchev–Trinajstić information content (AvgIpc) is 3.79. The Bertz CT molecular complexity index is 1340. The first-order valence-electron chi connectivity index (χ1n) is 12.5. The molecule has 2 aromatic rings. The number of rotatable bonds is 4. The predicted molar refractivity (Wildman–Crippen MR) is 129 cm³/mol. The molecule has 1 aromatic carbocycles. The van der Waals surface area contributed by atoms with Crippen molar-refractivity contribution < 1.29 is 36.3 Å². The third kappa shape index (κ3) is 4.89. The minimum Gasteiger partial charge on any atom is -0.383 e. The zero-order chi connectivity index (χ0) is 28.3. The lowest BCUT2D eigenvalue weighted by Gasteiger charge is -2.46. The highest BCUT2D eigenvalue weighted by molar-refractivity contribution is 6.39. The fourth-order valence-corrected chi connectivity index (χ4v) is 5.10. The largest absolute Gasteiger partial charge is 0.403 e. The van der Waals surface area contributed by atoms with E-state index in [-0.39, 0.29) is 36.6 Å². The van der Waals surface area contributed by atoms with Crippen molar-refractivity contribution in [1.82, 2.24) is 14.8 Å². The van der Waals surface area contributed by atoms with Crippen LogP contribution in [-0.2, 0) is 14.4 Å². The smallest absolute Gasteiger partial charge is 0.383 e. The number of halogens is 5. The molecule has 0 spiro atoms. The van der Waals surface area contributed by atoms with E-state index >= 15 is 0 Å². The van der Waals surface area contributed by atoms with E-state index in [1.54, 1.807) is 6.07 Å². The first-order chi connectivity index (χ1) is 18.3. The maximum atomic E-state index is 14.1. The molecule has 13 heteroatoms. The van der Waals surface area contributed by atoms with Gasteiger partial charge in [0.15, 0.2) is 11.6 Å². The van der Waals surface area contributed by atoms with Gasteiger partial charge in [-0.3, -0.25) is 14.4 Å². The summed E-state index contributed by atoms with van der Waals surface area (Å²) in [6.45, 7) is 0.732. The summed E-state index contributed by atoms with van der Waals surface area (Å²) in [7, 11) is 0. The van der Waals surface area contributed by atoms with E-state index in [0.29, 0.717) is 5.82 Å². The molecule has 8 nitrogen and oxygen atoms in total. The molecule has 3 aliphatic rings. The summed E-state index contributed by atoms with van der Waals surface area (Å²) in [5, 5.41) is 2.47. The number of anilines is 2. The summed E-state index contributed by atoms with van der Waals surface area (Å²) >= 11 is 0. The number of hydrogen-bond acceptors (Lipinski definition) is 5. The molecule has 0 radical (unpaired) electrons. The lowest BCUT2D eigenvalue weighted by atomic mass is 9.96. The van der Waals surface area contributed by atoms with E-state index in [0.717, 1.165) is 40.3 Å². The van der Waals surface area contributed by atoms with Gasteiger partial charge in [0, 0.05) is 19.1 Å². The number of nitrogens with zero attached hydrogens (tertiary/aromatic N) is 3. The molecule has 3 N–H and O–H groups in total. The highest BCUT2D eigenvalue weighted by Gasteiger charge is 2.70. The number of pyridine rings is 1. The summed E-state index contributed by atoms with van der Waals surface area (Å²) in [5.41, 5.74) is 4.42. The number of carbonyl (C=O) groups is 3. The van der Waals surface area contributed by atoms with Crippen molar-refractivity contribution in [2.24, 2.45) is 5.41 Å². The first-order valence-corrected chi connectivity index (χ1v) is 12.5. The quantitative estimate of drug-likeness (QED) is 0.443. The normalized spacial score (nSPS) is 22.4. The molecule has 5 rings (SSSR count). The third-order valence-electron chi connectivity index (χ3n) is 7.71. The van der Waals surface area contributed by atoms with Gasteiger partial charge in [0.2, 0.25) is 5.91 Å². The van der Waals surface area contributed by atoms with Crippen LogP contribution in [0.25, 0.3) is 0 Å². The summed E-state index contributed by atoms with van der Waals surface area (Å²) in [6, 6.07) is 2.34. The molecule has 1 saturated heterocycles. The number of alkyl halides is 3. The number of nitrogen functional groups attached to an aromatic ring is 1. The number of nitrogens with two attached hydrogens (primary N) is 1. The number of carbonyl (C=O) groups excluding carboxylic acids is 3. The Balaban J connectivity index is 1.42. The standard InChI is InChI=1S/C26H26F5N5O3/c1-13-11-36(23(38)22(37)34-16-9-17(14-2-3-14)21(32)33-10-16)20(15-4-5-18(27)19(28)8-15)12-35(13)24(39)25(6-7-25)26(29,30)31/h4-5,8-10,13-14,20H,2-3,6-7,11-12H2,1H3,(H2,32,33)(H,34,37)/t13-,20-/m1/s1. The second kappa shape index (κ2) is 9.45. The Labute approximate surface area is 220 Å². The van der Waals surface area contributed by atoms with Crippen molar-refractivity contribution in [2.75, 3.05) is 24.1 Å². The summed E-state index contributed by atoms with van der Waals surface area (Å²) in [5.74, 6) is -5.10. The second-order valence-corrected chi connectivity index (χ2v) is 10.5. The molecule has 208 valence electrons. The van der Waals surface area contributed by atoms with Crippen LogP contribution in [0.3, 0.4) is 0 Å². The van der Waals surface area contributed by atoms with Gasteiger partial charge in [0.25, 0.3) is 0 Å². The highest BCUT2D eigenvalue weighted by atomic mass is 19.4. The summed E-state index contributed by atoms with van der Waals surface area (Å²) in [6.07, 6.45) is -2.30. The Morgan fingerprint density at radius 2 is 1.74 bits per heavy atom. The monoisotopic (exact) mass is 551 g/mol. The summed E-state index contributed by atoms with van der Waals surface area (Å²) in [4.78, 5) is 45.6. The molecule has 1 aliphatic heterocycles. The molecule has 2 aliphatic carbocycles. The Morgan fingerprint density at radius 1 is 1.05 bits per heavy atom. The SMILES string of the molecule is C[C@@H]1CN(C(=O)C(=O)Nc2cnc(N)c(C3CC3)c2)[C@@H](c2ccc(F)c(F)c2)CN1C(=O)C1(C(F)(F)F)CC1. The van der Waals surface area contributed by atoms with Crippen LogP contribution in [0.15, 0.2) is 30.5 Å². The van der Waals surface area contributed by atoms with E-state index in [2.05, 4.69) is 10.3 Å². The lowest BCUT2D eigenvalue weighted by molar-refractivity contribution is -0.201. The highest BCUT2D eigenvalue weighted by Crippen LogP contribution is 2.59. The number of hydrogen-bond donors (Lipinski definition) is 2. The van der Waals surface area contributed by atoms with Gasteiger partial charge in [0.1, 0.15) is 11.2 Å². The van der Waals surface area contributed by atoms with Crippen LogP contribution in [0.4, 0.5) is 33.5 Å². The van der Waals surface area contributed by atoms with Gasteiger partial charge >= 0.3 is 18.0 Å². The Kier molecular flexibility index (Phi) is 6.50. The minimum absolute atomic E-state index is 0.0294. The molecule has 2 heterocycles. The predicted octanol–water partition coefficient (Wildman–Crippen LogP) is 3.90. The molecule has 39 heavy (non-hydrogen) atoms. The molecule has 2 saturated carbocycles. The van der Waals surface area contributed by atoms with Crippen molar-refractivity contribution >= 4 is 29.2 Å².